The second-order valence-corrected chi connectivity index (χ2v) is 8.86. The number of aromatic nitrogens is 2. The lowest BCUT2D eigenvalue weighted by Crippen LogP contribution is -2.43. The monoisotopic (exact) mass is 480 g/mol. The van der Waals surface area contributed by atoms with Gasteiger partial charge in [-0.3, -0.25) is 9.59 Å². The van der Waals surface area contributed by atoms with E-state index >= 15 is 0 Å². The van der Waals surface area contributed by atoms with Crippen LogP contribution in [0.4, 0.5) is 5.82 Å². The van der Waals surface area contributed by atoms with Crippen LogP contribution in [0, 0.1) is 12.8 Å². The normalized spacial score (nSPS) is 15.7. The Morgan fingerprint density at radius 1 is 1.18 bits per heavy atom. The molecule has 1 atom stereocenters. The fourth-order valence-corrected chi connectivity index (χ4v) is 4.25. The van der Waals surface area contributed by atoms with Crippen LogP contribution in [0.5, 0.6) is 5.75 Å². The van der Waals surface area contributed by atoms with Crippen molar-refractivity contribution in [3.63, 3.8) is 0 Å². The SMILES string of the molecule is CCOc1ccc(CNC(=O)[C@@H]2CCCN(c3ccc(=O)n(-c4ccc(C)c(Cl)c4)n3)C2)cc1. The fourth-order valence-electron chi connectivity index (χ4n) is 4.07. The molecule has 1 aliphatic rings. The molecule has 0 unspecified atom stereocenters. The molecule has 8 heteroatoms. The van der Waals surface area contributed by atoms with Crippen LogP contribution in [-0.4, -0.2) is 35.4 Å². The molecule has 2 heterocycles. The lowest BCUT2D eigenvalue weighted by molar-refractivity contribution is -0.125. The van der Waals surface area contributed by atoms with Gasteiger partial charge in [0.15, 0.2) is 0 Å². The molecule has 34 heavy (non-hydrogen) atoms. The lowest BCUT2D eigenvalue weighted by Gasteiger charge is -2.33. The molecule has 0 bridgehead atoms. The molecule has 1 N–H and O–H groups in total. The quantitative estimate of drug-likeness (QED) is 0.550. The first-order valence-electron chi connectivity index (χ1n) is 11.6. The molecule has 4 rings (SSSR count). The van der Waals surface area contributed by atoms with Gasteiger partial charge in [0, 0.05) is 30.7 Å². The van der Waals surface area contributed by atoms with Crippen molar-refractivity contribution in [3.8, 4) is 11.4 Å². The molecule has 1 fully saturated rings. The van der Waals surface area contributed by atoms with Gasteiger partial charge in [-0.05, 0) is 68.1 Å². The van der Waals surface area contributed by atoms with Crippen LogP contribution < -0.4 is 20.5 Å². The van der Waals surface area contributed by atoms with Crippen molar-refractivity contribution in [2.45, 2.75) is 33.2 Å². The van der Waals surface area contributed by atoms with Crippen molar-refractivity contribution in [1.82, 2.24) is 15.1 Å². The summed E-state index contributed by atoms with van der Waals surface area (Å²) >= 11 is 6.25. The highest BCUT2D eigenvalue weighted by Crippen LogP contribution is 2.23. The molecule has 7 nitrogen and oxygen atoms in total. The minimum Gasteiger partial charge on any atom is -0.494 e. The number of anilines is 1. The number of aryl methyl sites for hydroxylation is 1. The third kappa shape index (κ3) is 5.59. The van der Waals surface area contributed by atoms with Crippen LogP contribution in [0.1, 0.15) is 30.9 Å². The van der Waals surface area contributed by atoms with E-state index < -0.39 is 0 Å². The molecule has 1 amide bonds. The molecule has 0 radical (unpaired) electrons. The maximum Gasteiger partial charge on any atom is 0.271 e. The number of nitrogens with zero attached hydrogens (tertiary/aromatic N) is 3. The largest absolute Gasteiger partial charge is 0.494 e. The van der Waals surface area contributed by atoms with E-state index in [0.29, 0.717) is 36.2 Å². The van der Waals surface area contributed by atoms with E-state index in [1.54, 1.807) is 12.1 Å². The highest BCUT2D eigenvalue weighted by Gasteiger charge is 2.27. The molecule has 0 aliphatic carbocycles. The van der Waals surface area contributed by atoms with Gasteiger partial charge in [-0.1, -0.05) is 29.8 Å². The number of rotatable bonds is 7. The standard InChI is InChI=1S/C26H29ClN4O3/c1-3-34-22-10-7-19(8-11-22)16-28-26(33)20-5-4-14-30(17-20)24-12-13-25(32)31(29-24)21-9-6-18(2)23(27)15-21/h6-13,15,20H,3-5,14,16-17H2,1-2H3,(H,28,33)/t20-/m1/s1. The van der Waals surface area contributed by atoms with Crippen LogP contribution in [-0.2, 0) is 11.3 Å². The zero-order chi connectivity index (χ0) is 24.1. The first-order chi connectivity index (χ1) is 16.4. The minimum absolute atomic E-state index is 0.0252. The Morgan fingerprint density at radius 3 is 2.71 bits per heavy atom. The average Bonchev–Trinajstić information content (AvgIpc) is 2.86. The van der Waals surface area contributed by atoms with Crippen molar-refractivity contribution in [2.75, 3.05) is 24.6 Å². The molecular weight excluding hydrogens is 452 g/mol. The van der Waals surface area contributed by atoms with E-state index in [1.807, 2.05) is 50.2 Å². The molecule has 1 aliphatic heterocycles. The average molecular weight is 481 g/mol. The maximum atomic E-state index is 12.9. The van der Waals surface area contributed by atoms with Gasteiger partial charge in [0.1, 0.15) is 11.6 Å². The Bertz CT molecular complexity index is 1210. The number of hydrogen-bond donors (Lipinski definition) is 1. The highest BCUT2D eigenvalue weighted by atomic mass is 35.5. The summed E-state index contributed by atoms with van der Waals surface area (Å²) in [5.41, 5.74) is 2.34. The summed E-state index contributed by atoms with van der Waals surface area (Å²) in [5.74, 6) is 1.37. The van der Waals surface area contributed by atoms with Crippen LogP contribution >= 0.6 is 11.6 Å². The number of carbonyl (C=O) groups excluding carboxylic acids is 1. The first kappa shape index (κ1) is 23.8. The van der Waals surface area contributed by atoms with Gasteiger partial charge in [0.05, 0.1) is 18.2 Å². The molecule has 3 aromatic rings. The number of ether oxygens (including phenoxy) is 1. The fraction of sp³-hybridized carbons (Fsp3) is 0.346. The molecular formula is C26H29ClN4O3. The second-order valence-electron chi connectivity index (χ2n) is 8.45. The van der Waals surface area contributed by atoms with Crippen LogP contribution in [0.25, 0.3) is 5.69 Å². The van der Waals surface area contributed by atoms with Gasteiger partial charge >= 0.3 is 0 Å². The van der Waals surface area contributed by atoms with Crippen molar-refractivity contribution >= 4 is 23.3 Å². The van der Waals surface area contributed by atoms with E-state index in [2.05, 4.69) is 15.3 Å². The summed E-state index contributed by atoms with van der Waals surface area (Å²) in [5, 5.41) is 8.21. The Kier molecular flexibility index (Phi) is 7.53. The number of hydrogen-bond acceptors (Lipinski definition) is 5. The molecule has 178 valence electrons. The summed E-state index contributed by atoms with van der Waals surface area (Å²) in [6.07, 6.45) is 1.69. The molecule has 0 saturated carbocycles. The zero-order valence-electron chi connectivity index (χ0n) is 19.5. The maximum absolute atomic E-state index is 12.9. The summed E-state index contributed by atoms with van der Waals surface area (Å²) < 4.78 is 6.82. The van der Waals surface area contributed by atoms with E-state index in [4.69, 9.17) is 16.3 Å². The van der Waals surface area contributed by atoms with Crippen molar-refractivity contribution in [3.05, 3.63) is 81.1 Å². The summed E-state index contributed by atoms with van der Waals surface area (Å²) in [6, 6.07) is 16.4. The molecule has 1 aromatic heterocycles. The third-order valence-corrected chi connectivity index (χ3v) is 6.41. The van der Waals surface area contributed by atoms with Crippen molar-refractivity contribution in [1.29, 1.82) is 0 Å². The number of carbonyl (C=O) groups is 1. The number of halogens is 1. The molecule has 1 saturated heterocycles. The van der Waals surface area contributed by atoms with Crippen molar-refractivity contribution in [2.24, 2.45) is 5.92 Å². The Labute approximate surface area is 204 Å². The summed E-state index contributed by atoms with van der Waals surface area (Å²) in [4.78, 5) is 27.4. The first-order valence-corrected chi connectivity index (χ1v) is 11.9. The van der Waals surface area contributed by atoms with Crippen molar-refractivity contribution < 1.29 is 9.53 Å². The second kappa shape index (κ2) is 10.7. The number of benzene rings is 2. The Hall–Kier alpha value is -3.32. The van der Waals surface area contributed by atoms with Crippen LogP contribution in [0.15, 0.2) is 59.4 Å². The Morgan fingerprint density at radius 2 is 1.97 bits per heavy atom. The highest BCUT2D eigenvalue weighted by molar-refractivity contribution is 6.31. The van der Waals surface area contributed by atoms with Gasteiger partial charge in [0.2, 0.25) is 5.91 Å². The Balaban J connectivity index is 1.42. The predicted molar refractivity (Wildman–Crippen MR) is 134 cm³/mol. The summed E-state index contributed by atoms with van der Waals surface area (Å²) in [6.45, 7) is 6.29. The van der Waals surface area contributed by atoms with Crippen LogP contribution in [0.2, 0.25) is 5.02 Å². The lowest BCUT2D eigenvalue weighted by atomic mass is 9.97. The van der Waals surface area contributed by atoms with Gasteiger partial charge in [-0.25, -0.2) is 0 Å². The van der Waals surface area contributed by atoms with E-state index in [-0.39, 0.29) is 17.4 Å². The van der Waals surface area contributed by atoms with Gasteiger partial charge in [0.25, 0.3) is 5.56 Å². The number of amides is 1. The summed E-state index contributed by atoms with van der Waals surface area (Å²) in [7, 11) is 0. The molecule has 0 spiro atoms. The van der Waals surface area contributed by atoms with Gasteiger partial charge in [-0.2, -0.15) is 4.68 Å². The minimum atomic E-state index is -0.231. The topological polar surface area (TPSA) is 76.5 Å². The van der Waals surface area contributed by atoms with E-state index in [9.17, 15) is 9.59 Å². The van der Waals surface area contributed by atoms with Crippen LogP contribution in [0.3, 0.4) is 0 Å². The van der Waals surface area contributed by atoms with E-state index in [1.165, 1.54) is 10.7 Å². The molecule has 2 aromatic carbocycles. The number of piperidine rings is 1. The van der Waals surface area contributed by atoms with Gasteiger partial charge in [-0.15, -0.1) is 5.10 Å². The predicted octanol–water partition coefficient (Wildman–Crippen LogP) is 4.13. The zero-order valence-corrected chi connectivity index (χ0v) is 20.2. The third-order valence-electron chi connectivity index (χ3n) is 6.00. The van der Waals surface area contributed by atoms with E-state index in [0.717, 1.165) is 36.3 Å². The number of nitrogens with one attached hydrogen (secondary N) is 1. The smallest absolute Gasteiger partial charge is 0.271 e. The van der Waals surface area contributed by atoms with Gasteiger partial charge < -0.3 is 15.0 Å².